The molecule has 0 aromatic rings. The van der Waals surface area contributed by atoms with Crippen LogP contribution in [-0.4, -0.2) is 314 Å². The molecule has 3 unspecified atom stereocenters. The van der Waals surface area contributed by atoms with Crippen molar-refractivity contribution in [2.24, 2.45) is 34.9 Å². The van der Waals surface area contributed by atoms with E-state index in [1.807, 2.05) is 0 Å². The number of unbranched alkanes of at least 4 members (excludes halogenated alkanes) is 30. The number of nitrogens with zero attached hydrogens (tertiary/aromatic N) is 14. The van der Waals surface area contributed by atoms with Crippen LogP contribution in [-0.2, 0) is 66.7 Å². The van der Waals surface area contributed by atoms with E-state index in [0.29, 0.717) is 251 Å². The van der Waals surface area contributed by atoms with Gasteiger partial charge in [-0.15, -0.1) is 0 Å². The molecule has 138 heavy (non-hydrogen) atoms. The number of rotatable bonds is 82. The molecule has 0 saturated heterocycles. The Morgan fingerprint density at radius 3 is 0.580 bits per heavy atom. The molecule has 0 aromatic heterocycles. The molecule has 774 valence electrons. The lowest BCUT2D eigenvalue weighted by Crippen LogP contribution is -2.46. The van der Waals surface area contributed by atoms with Gasteiger partial charge in [-0.2, -0.15) is 5.26 Å². The van der Waals surface area contributed by atoms with Crippen LogP contribution in [0.15, 0.2) is 34.9 Å². The fraction of sp³-hybridized carbons (Fsp3) is 0.783. The first-order valence-corrected chi connectivity index (χ1v) is 48.8. The fourth-order valence-corrected chi connectivity index (χ4v) is 13.2. The summed E-state index contributed by atoms with van der Waals surface area (Å²) in [5.74, 6) is 0. The SMILES string of the molecule is CC(CCOC(=O)N(CCCCCCN(C(=O)NCCCCCCN=C=O)C(=O)OC(C)CCOC(=O)N(CCCCCCN(C(=O)NCCCCCCN=C=O)C(=O)OCCC(C)OC(=O)N(CCCCCCOC#N)C(=O)NCCCCCCN=C=O)C(=O)NCCCCCCN=C=O)C(=O)NCCCCCCN=C=O)OC(=O)N(CCCCCCN=C=O)C(=O)NCCCCCCN=C=O. The Hall–Kier alpha value is -12.6. The van der Waals surface area contributed by atoms with E-state index < -0.39 is 91.1 Å². The first-order chi connectivity index (χ1) is 67.1. The van der Waals surface area contributed by atoms with E-state index in [1.54, 1.807) is 20.1 Å². The molecule has 0 saturated carbocycles. The number of imide groups is 6. The van der Waals surface area contributed by atoms with Crippen LogP contribution in [0.1, 0.15) is 297 Å². The number of nitriles is 1. The van der Waals surface area contributed by atoms with Crippen LogP contribution in [0, 0.1) is 11.5 Å². The number of carbonyl (C=O) groups is 12. The maximum absolute atomic E-state index is 14.0. The molecule has 3 atom stereocenters. The van der Waals surface area contributed by atoms with Gasteiger partial charge in [-0.05, 0) is 156 Å². The van der Waals surface area contributed by atoms with Crippen molar-refractivity contribution in [1.29, 1.82) is 5.26 Å². The molecular weight excluding hydrogens is 1800 g/mol. The van der Waals surface area contributed by atoms with Crippen LogP contribution < -0.4 is 31.9 Å². The Kier molecular flexibility index (Phi) is 82.5. The Bertz CT molecular complexity index is 3840. The second kappa shape index (κ2) is 90.8. The Morgan fingerprint density at radius 1 is 0.232 bits per heavy atom. The molecule has 46 heteroatoms. The van der Waals surface area contributed by atoms with E-state index in [4.69, 9.17) is 38.4 Å². The zero-order valence-electron chi connectivity index (χ0n) is 81.3. The molecule has 0 aliphatic carbocycles. The van der Waals surface area contributed by atoms with E-state index in [2.05, 4.69) is 66.8 Å². The van der Waals surface area contributed by atoms with Crippen molar-refractivity contribution in [1.82, 2.24) is 61.3 Å². The zero-order chi connectivity index (χ0) is 102. The molecular formula is C92H150N20O26. The average Bonchev–Trinajstić information content (AvgIpc) is 0.897. The van der Waals surface area contributed by atoms with Gasteiger partial charge in [0.05, 0.1) is 65.6 Å². The topological polar surface area (TPSA) is 591 Å². The Morgan fingerprint density at radius 2 is 0.399 bits per heavy atom. The summed E-state index contributed by atoms with van der Waals surface area (Å²) in [5, 5.41) is 25.2. The molecule has 0 aliphatic heterocycles. The van der Waals surface area contributed by atoms with Crippen LogP contribution in [0.3, 0.4) is 0 Å². The Balaban J connectivity index is 6.51. The van der Waals surface area contributed by atoms with Crippen molar-refractivity contribution in [2.45, 2.75) is 315 Å². The summed E-state index contributed by atoms with van der Waals surface area (Å²) < 4.78 is 38.6. The molecule has 0 aromatic carbocycles. The van der Waals surface area contributed by atoms with Gasteiger partial charge in [0.25, 0.3) is 6.26 Å². The molecule has 0 aliphatic rings. The van der Waals surface area contributed by atoms with E-state index in [9.17, 15) is 91.1 Å². The standard InChI is InChI=1S/C92H150N20O26/c1-78(136-90(129)110(63-37-17-16-30-53-100-77-119)84(123)104-57-34-13-7-27-50-97-74-116)44-67-135-89(128)109(83(122)103-56-33-12-6-26-49-96-73-115)62-40-20-21-41-64-111(85(124)105-58-35-14-8-28-51-98-75-117)91(130)137-79(2)45-68-133-87(126)107(81(120)101-54-31-10-4-24-47-94-71-113)60-38-18-19-39-61-108(82(121)102-55-32-11-5-25-48-95-72-114)88(127)134-69-46-80(3)138-92(131)112(65-42-22-23-43-66-132-70-93)86(125)106-59-36-15-9-29-52-99-76-118/h78-80H,4-69H2,1-3H3,(H,101,120)(H,102,121)(H,103,122)(H,104,123)(H,105,124)(H,106,125). The third-order valence-electron chi connectivity index (χ3n) is 21.1. The largest absolute Gasteiger partial charge is 0.449 e. The van der Waals surface area contributed by atoms with Crippen molar-refractivity contribution in [3.8, 4) is 6.26 Å². The summed E-state index contributed by atoms with van der Waals surface area (Å²) in [5.41, 5.74) is 0. The van der Waals surface area contributed by atoms with Gasteiger partial charge in [-0.25, -0.2) is 155 Å². The number of hydrogen-bond donors (Lipinski definition) is 6. The van der Waals surface area contributed by atoms with Gasteiger partial charge in [-0.1, -0.05) is 122 Å². The lowest BCUT2D eigenvalue weighted by molar-refractivity contribution is 0.0546. The molecule has 0 bridgehead atoms. The third kappa shape index (κ3) is 71.0. The summed E-state index contributed by atoms with van der Waals surface area (Å²) in [6.45, 7) is 6.82. The molecule has 0 spiro atoms. The van der Waals surface area contributed by atoms with Crippen LogP contribution in [0.2, 0.25) is 0 Å². The first kappa shape index (κ1) is 125. The lowest BCUT2D eigenvalue weighted by Gasteiger charge is -2.24. The number of hydrogen-bond acceptors (Lipinski definition) is 34. The molecule has 0 rings (SSSR count). The van der Waals surface area contributed by atoms with Crippen LogP contribution in [0.25, 0.3) is 0 Å². The second-order valence-corrected chi connectivity index (χ2v) is 32.5. The number of amides is 18. The predicted octanol–water partition coefficient (Wildman–Crippen LogP) is 14.7. The average molecular weight is 1950 g/mol. The lowest BCUT2D eigenvalue weighted by atomic mass is 10.2. The number of nitrogens with one attached hydrogen (secondary N) is 6. The molecule has 6 N–H and O–H groups in total. The van der Waals surface area contributed by atoms with E-state index in [0.717, 1.165) is 55.1 Å². The van der Waals surface area contributed by atoms with Crippen molar-refractivity contribution in [3.63, 3.8) is 0 Å². The summed E-state index contributed by atoms with van der Waals surface area (Å²) in [6.07, 6.45) is 26.0. The molecule has 0 fully saturated rings. The summed E-state index contributed by atoms with van der Waals surface area (Å²) in [6, 6.07) is -4.38. The minimum absolute atomic E-state index is 0.0158. The van der Waals surface area contributed by atoms with Crippen LogP contribution >= 0.6 is 0 Å². The fourth-order valence-electron chi connectivity index (χ4n) is 13.2. The normalized spacial score (nSPS) is 11.0. The number of carbonyl (C=O) groups excluding carboxylic acids is 19. The van der Waals surface area contributed by atoms with Gasteiger partial charge < -0.3 is 65.1 Å². The van der Waals surface area contributed by atoms with E-state index in [1.165, 1.54) is 49.5 Å². The summed E-state index contributed by atoms with van der Waals surface area (Å²) in [4.78, 5) is 268. The zero-order valence-corrected chi connectivity index (χ0v) is 81.3. The highest BCUT2D eigenvalue weighted by molar-refractivity contribution is 5.94. The van der Waals surface area contributed by atoms with Crippen LogP contribution in [0.5, 0.6) is 0 Å². The maximum atomic E-state index is 14.0. The molecule has 46 nitrogen and oxygen atoms in total. The minimum atomic E-state index is -1.03. The maximum Gasteiger partial charge on any atom is 0.418 e. The van der Waals surface area contributed by atoms with Gasteiger partial charge in [0.2, 0.25) is 42.6 Å². The first-order valence-electron chi connectivity index (χ1n) is 48.8. The predicted molar refractivity (Wildman–Crippen MR) is 504 cm³/mol. The summed E-state index contributed by atoms with van der Waals surface area (Å²) in [7, 11) is 0. The number of aliphatic imine (C=N–C) groups is 7. The third-order valence-corrected chi connectivity index (χ3v) is 21.1. The number of ether oxygens (including phenoxy) is 7. The smallest absolute Gasteiger partial charge is 0.418 e. The van der Waals surface area contributed by atoms with Gasteiger partial charge in [0.15, 0.2) is 0 Å². The van der Waals surface area contributed by atoms with Gasteiger partial charge in [0.1, 0.15) is 24.9 Å². The number of urea groups is 6. The highest BCUT2D eigenvalue weighted by atomic mass is 16.6. The van der Waals surface area contributed by atoms with Gasteiger partial charge in [0, 0.05) is 97.8 Å². The monoisotopic (exact) mass is 1950 g/mol. The van der Waals surface area contributed by atoms with Crippen LogP contribution in [0.4, 0.5) is 57.5 Å². The Labute approximate surface area is 809 Å². The van der Waals surface area contributed by atoms with E-state index >= 15 is 0 Å². The van der Waals surface area contributed by atoms with Crippen molar-refractivity contribution in [2.75, 3.05) is 151 Å². The van der Waals surface area contributed by atoms with Crippen molar-refractivity contribution >= 4 is 115 Å². The minimum Gasteiger partial charge on any atom is -0.449 e. The van der Waals surface area contributed by atoms with Crippen molar-refractivity contribution in [3.05, 3.63) is 0 Å². The molecule has 18 amide bonds. The highest BCUT2D eigenvalue weighted by Gasteiger charge is 2.31. The van der Waals surface area contributed by atoms with Crippen molar-refractivity contribution < 1.29 is 124 Å². The quantitative estimate of drug-likeness (QED) is 0.0108. The summed E-state index contributed by atoms with van der Waals surface area (Å²) >= 11 is 0. The van der Waals surface area contributed by atoms with Gasteiger partial charge in [-0.3, -0.25) is 0 Å². The van der Waals surface area contributed by atoms with E-state index in [-0.39, 0.29) is 150 Å². The highest BCUT2D eigenvalue weighted by Crippen LogP contribution is 2.18. The second-order valence-electron chi connectivity index (χ2n) is 32.5. The molecule has 0 heterocycles. The number of isocyanates is 7. The molecule has 0 radical (unpaired) electrons. The van der Waals surface area contributed by atoms with Gasteiger partial charge >= 0.3 is 72.7 Å².